The Morgan fingerprint density at radius 1 is 1.13 bits per heavy atom. The molecule has 2 saturated carbocycles. The first-order chi connectivity index (χ1) is 15.1. The lowest BCUT2D eigenvalue weighted by atomic mass is 9.80. The van der Waals surface area contributed by atoms with Crippen LogP contribution in [0.2, 0.25) is 0 Å². The van der Waals surface area contributed by atoms with Crippen LogP contribution in [0.5, 0.6) is 0 Å². The number of hydrogen-bond acceptors (Lipinski definition) is 3. The number of urea groups is 1. The van der Waals surface area contributed by atoms with Gasteiger partial charge < -0.3 is 15.0 Å². The molecule has 0 unspecified atom stereocenters. The van der Waals surface area contributed by atoms with Crippen LogP contribution < -0.4 is 5.32 Å². The van der Waals surface area contributed by atoms with E-state index in [1.807, 2.05) is 6.20 Å². The van der Waals surface area contributed by atoms with Gasteiger partial charge in [0, 0.05) is 30.4 Å². The number of likely N-dealkylation sites (tertiary alicyclic amines) is 1. The van der Waals surface area contributed by atoms with Gasteiger partial charge >= 0.3 is 6.03 Å². The topological polar surface area (TPSA) is 70.2 Å². The molecule has 2 amide bonds. The number of hydrogen-bond donors (Lipinski definition) is 2. The Bertz CT molecular complexity index is 663. The molecule has 0 aromatic carbocycles. The van der Waals surface area contributed by atoms with Crippen molar-refractivity contribution < 1.29 is 9.53 Å². The van der Waals surface area contributed by atoms with Gasteiger partial charge in [0.15, 0.2) is 0 Å². The largest absolute Gasteiger partial charge is 0.376 e. The number of carbonyl (C=O) groups excluding carboxylic acids is 1. The third-order valence-corrected chi connectivity index (χ3v) is 8.06. The van der Waals surface area contributed by atoms with E-state index < -0.39 is 0 Å². The summed E-state index contributed by atoms with van der Waals surface area (Å²) in [5.74, 6) is 1.87. The SMILES string of the molecule is CC(C)C1CCC(OC[C@H]2[C@@H](c3ccn[nH]3)CCCN2C(=O)NC2CCCCC2)CC1. The van der Waals surface area contributed by atoms with Crippen molar-refractivity contribution in [3.63, 3.8) is 0 Å². The minimum absolute atomic E-state index is 0.0700. The average molecular weight is 431 g/mol. The maximum absolute atomic E-state index is 13.3. The van der Waals surface area contributed by atoms with Crippen LogP contribution in [0, 0.1) is 11.8 Å². The van der Waals surface area contributed by atoms with Gasteiger partial charge in [-0.25, -0.2) is 4.79 Å². The normalized spacial score (nSPS) is 30.5. The molecule has 174 valence electrons. The smallest absolute Gasteiger partial charge is 0.317 e. The maximum Gasteiger partial charge on any atom is 0.317 e. The molecule has 31 heavy (non-hydrogen) atoms. The zero-order valence-electron chi connectivity index (χ0n) is 19.5. The van der Waals surface area contributed by atoms with E-state index in [0.29, 0.717) is 18.8 Å². The Balaban J connectivity index is 1.40. The van der Waals surface area contributed by atoms with Crippen LogP contribution in [0.4, 0.5) is 4.79 Å². The molecule has 0 spiro atoms. The molecule has 1 aliphatic heterocycles. The Kier molecular flexibility index (Phi) is 7.91. The highest BCUT2D eigenvalue weighted by molar-refractivity contribution is 5.75. The maximum atomic E-state index is 13.3. The zero-order chi connectivity index (χ0) is 21.6. The van der Waals surface area contributed by atoms with Crippen molar-refractivity contribution in [3.05, 3.63) is 18.0 Å². The molecule has 1 saturated heterocycles. The predicted octanol–water partition coefficient (Wildman–Crippen LogP) is 5.23. The number of H-pyrrole nitrogens is 1. The van der Waals surface area contributed by atoms with E-state index in [-0.39, 0.29) is 18.0 Å². The van der Waals surface area contributed by atoms with Gasteiger partial charge in [-0.2, -0.15) is 5.10 Å². The van der Waals surface area contributed by atoms with Crippen LogP contribution in [0.25, 0.3) is 0 Å². The monoisotopic (exact) mass is 430 g/mol. The third kappa shape index (κ3) is 5.82. The Hall–Kier alpha value is -1.56. The molecule has 1 aromatic heterocycles. The molecule has 1 aromatic rings. The zero-order valence-corrected chi connectivity index (χ0v) is 19.5. The summed E-state index contributed by atoms with van der Waals surface area (Å²) < 4.78 is 6.49. The van der Waals surface area contributed by atoms with Crippen molar-refractivity contribution in [1.82, 2.24) is 20.4 Å². The average Bonchev–Trinajstić information content (AvgIpc) is 3.33. The summed E-state index contributed by atoms with van der Waals surface area (Å²) in [7, 11) is 0. The molecular weight excluding hydrogens is 388 g/mol. The number of nitrogens with zero attached hydrogens (tertiary/aromatic N) is 2. The minimum atomic E-state index is 0.0700. The van der Waals surface area contributed by atoms with Crippen LogP contribution in [-0.4, -0.2) is 52.5 Å². The Morgan fingerprint density at radius 2 is 1.90 bits per heavy atom. The predicted molar refractivity (Wildman–Crippen MR) is 123 cm³/mol. The fraction of sp³-hybridized carbons (Fsp3) is 0.840. The third-order valence-electron chi connectivity index (χ3n) is 8.06. The lowest BCUT2D eigenvalue weighted by Gasteiger charge is -2.42. The Morgan fingerprint density at radius 3 is 2.58 bits per heavy atom. The summed E-state index contributed by atoms with van der Waals surface area (Å²) in [5, 5.41) is 10.7. The van der Waals surface area contributed by atoms with Gasteiger partial charge in [0.2, 0.25) is 0 Å². The molecule has 0 radical (unpaired) electrons. The second-order valence-electron chi connectivity index (χ2n) is 10.4. The van der Waals surface area contributed by atoms with E-state index in [4.69, 9.17) is 4.74 Å². The van der Waals surface area contributed by atoms with Crippen molar-refractivity contribution in [3.8, 4) is 0 Å². The summed E-state index contributed by atoms with van der Waals surface area (Å²) in [6.45, 7) is 6.12. The fourth-order valence-electron chi connectivity index (χ4n) is 6.01. The summed E-state index contributed by atoms with van der Waals surface area (Å²) in [6.07, 6.45) is 15.1. The van der Waals surface area contributed by atoms with Crippen LogP contribution in [-0.2, 0) is 4.74 Å². The van der Waals surface area contributed by atoms with E-state index in [1.165, 1.54) is 32.1 Å². The number of aromatic amines is 1. The highest BCUT2D eigenvalue weighted by Gasteiger charge is 2.37. The molecule has 6 heteroatoms. The molecule has 4 rings (SSSR count). The van der Waals surface area contributed by atoms with Crippen LogP contribution >= 0.6 is 0 Å². The minimum Gasteiger partial charge on any atom is -0.376 e. The number of carbonyl (C=O) groups is 1. The summed E-state index contributed by atoms with van der Waals surface area (Å²) >= 11 is 0. The van der Waals surface area contributed by atoms with Gasteiger partial charge in [-0.3, -0.25) is 5.10 Å². The standard InChI is InChI=1S/C25H42N4O2/c1-18(2)19-10-12-21(13-11-19)31-17-24-22(23-14-15-26-28-23)9-6-16-29(24)25(30)27-20-7-4-3-5-8-20/h14-15,18-22,24H,3-13,16-17H2,1-2H3,(H,26,28)(H,27,30)/t19?,21?,22-,24+/m1/s1. The molecule has 2 aliphatic carbocycles. The lowest BCUT2D eigenvalue weighted by Crippen LogP contribution is -2.55. The van der Waals surface area contributed by atoms with Gasteiger partial charge in [-0.1, -0.05) is 33.1 Å². The number of aromatic nitrogens is 2. The molecule has 6 nitrogen and oxygen atoms in total. The highest BCUT2D eigenvalue weighted by Crippen LogP contribution is 2.35. The van der Waals surface area contributed by atoms with Gasteiger partial charge in [-0.05, 0) is 69.3 Å². The van der Waals surface area contributed by atoms with Crippen molar-refractivity contribution in [2.45, 2.75) is 109 Å². The van der Waals surface area contributed by atoms with Crippen LogP contribution in [0.3, 0.4) is 0 Å². The van der Waals surface area contributed by atoms with Gasteiger partial charge in [0.1, 0.15) is 0 Å². The van der Waals surface area contributed by atoms with Crippen molar-refractivity contribution in [2.24, 2.45) is 11.8 Å². The number of ether oxygens (including phenoxy) is 1. The van der Waals surface area contributed by atoms with E-state index in [9.17, 15) is 4.79 Å². The second kappa shape index (κ2) is 10.8. The quantitative estimate of drug-likeness (QED) is 0.649. The molecule has 2 N–H and O–H groups in total. The van der Waals surface area contributed by atoms with Crippen molar-refractivity contribution in [1.29, 1.82) is 0 Å². The first kappa shape index (κ1) is 22.6. The molecule has 2 heterocycles. The van der Waals surface area contributed by atoms with E-state index in [0.717, 1.165) is 62.6 Å². The summed E-state index contributed by atoms with van der Waals surface area (Å²) in [5.41, 5.74) is 1.13. The number of amides is 2. The fourth-order valence-corrected chi connectivity index (χ4v) is 6.01. The highest BCUT2D eigenvalue weighted by atomic mass is 16.5. The second-order valence-corrected chi connectivity index (χ2v) is 10.4. The summed E-state index contributed by atoms with van der Waals surface area (Å²) in [6, 6.07) is 2.57. The first-order valence-corrected chi connectivity index (χ1v) is 12.8. The van der Waals surface area contributed by atoms with Crippen LogP contribution in [0.15, 0.2) is 12.3 Å². The molecule has 2 atom stereocenters. The van der Waals surface area contributed by atoms with Gasteiger partial charge in [0.25, 0.3) is 0 Å². The molecular formula is C25H42N4O2. The Labute approximate surface area is 187 Å². The molecule has 0 bridgehead atoms. The number of nitrogens with one attached hydrogen (secondary N) is 2. The molecule has 3 fully saturated rings. The molecule has 3 aliphatic rings. The van der Waals surface area contributed by atoms with Crippen LogP contribution in [0.1, 0.15) is 96.1 Å². The van der Waals surface area contributed by atoms with E-state index >= 15 is 0 Å². The van der Waals surface area contributed by atoms with Crippen molar-refractivity contribution >= 4 is 6.03 Å². The summed E-state index contributed by atoms with van der Waals surface area (Å²) in [4.78, 5) is 15.4. The first-order valence-electron chi connectivity index (χ1n) is 12.8. The van der Waals surface area contributed by atoms with Crippen molar-refractivity contribution in [2.75, 3.05) is 13.2 Å². The number of rotatable bonds is 6. The van der Waals surface area contributed by atoms with E-state index in [1.54, 1.807) is 0 Å². The number of piperidine rings is 1. The van der Waals surface area contributed by atoms with E-state index in [2.05, 4.69) is 40.3 Å². The lowest BCUT2D eigenvalue weighted by molar-refractivity contribution is -0.0241. The van der Waals surface area contributed by atoms with Gasteiger partial charge in [0.05, 0.1) is 18.8 Å². The van der Waals surface area contributed by atoms with Gasteiger partial charge in [-0.15, -0.1) is 0 Å².